The second kappa shape index (κ2) is 7.08. The molecule has 2 aromatic carbocycles. The summed E-state index contributed by atoms with van der Waals surface area (Å²) in [6.45, 7) is 1.41. The van der Waals surface area contributed by atoms with Gasteiger partial charge in [-0.1, -0.05) is 18.2 Å². The molecule has 7 heteroatoms. The predicted octanol–water partition coefficient (Wildman–Crippen LogP) is 4.35. The van der Waals surface area contributed by atoms with Crippen molar-refractivity contribution in [2.45, 2.75) is 6.92 Å². The Morgan fingerprint density at radius 2 is 1.83 bits per heavy atom. The minimum atomic E-state index is -0.557. The summed E-state index contributed by atoms with van der Waals surface area (Å²) in [6, 6.07) is 13.8. The van der Waals surface area contributed by atoms with E-state index < -0.39 is 10.7 Å². The predicted molar refractivity (Wildman–Crippen MR) is 83.7 cm³/mol. The second-order valence-electron chi connectivity index (χ2n) is 4.57. The molecular formula is C16H13N3O4. The monoisotopic (exact) mass is 312 g/mol. The summed E-state index contributed by atoms with van der Waals surface area (Å²) < 4.78 is 6.97. The van der Waals surface area contributed by atoms with Crippen LogP contribution < -0.4 is 0 Å². The molecule has 0 amide bonds. The smallest absolute Gasteiger partial charge is 0.293 e. The number of nitrogens with zero attached hydrogens (tertiary/aromatic N) is 3. The molecule has 7 nitrogen and oxygen atoms in total. The van der Waals surface area contributed by atoms with Crippen molar-refractivity contribution in [2.75, 3.05) is 0 Å². The first-order chi connectivity index (χ1) is 11.5. The molecular weight excluding hydrogens is 298 g/mol. The van der Waals surface area contributed by atoms with Crippen LogP contribution in [0.25, 0.3) is 1.43 Å². The molecule has 0 unspecified atom stereocenters. The number of aliphatic hydroxyl groups excluding tert-OH is 1. The lowest BCUT2D eigenvalue weighted by molar-refractivity contribution is -0.384. The summed E-state index contributed by atoms with van der Waals surface area (Å²) in [4.78, 5) is 22.6. The fourth-order valence-electron chi connectivity index (χ4n) is 1.75. The van der Waals surface area contributed by atoms with Crippen LogP contribution in [0.5, 0.6) is 0 Å². The minimum Gasteiger partial charge on any atom is -0.510 e. The zero-order valence-corrected chi connectivity index (χ0v) is 12.2. The molecule has 0 aliphatic heterocycles. The standard InChI is InChI=1S/C16H13N3O4/c1-11(20)15(18-17-13-5-3-2-4-6-13)16(21)12-7-9-14(10-8-12)19(22)23/h2-10,20H,1H3/b15-11+,18-17?/i/hD. The molecule has 2 rings (SSSR count). The first-order valence-electron chi connectivity index (χ1n) is 7.03. The van der Waals surface area contributed by atoms with Gasteiger partial charge in [0, 0.05) is 17.7 Å². The molecule has 116 valence electrons. The summed E-state index contributed by atoms with van der Waals surface area (Å²) in [5, 5.41) is 22.8. The fourth-order valence-corrected chi connectivity index (χ4v) is 1.75. The Morgan fingerprint density at radius 1 is 1.17 bits per heavy atom. The van der Waals surface area contributed by atoms with Gasteiger partial charge < -0.3 is 5.11 Å². The maximum atomic E-state index is 12.5. The maximum absolute atomic E-state index is 12.5. The number of azo groups is 1. The van der Waals surface area contributed by atoms with Crippen molar-refractivity contribution in [3.63, 3.8) is 0 Å². The maximum Gasteiger partial charge on any atom is 0.293 e. The third-order valence-electron chi connectivity index (χ3n) is 2.91. The van der Waals surface area contributed by atoms with Crippen molar-refractivity contribution in [1.82, 2.24) is 0 Å². The molecule has 0 heterocycles. The number of non-ortho nitro benzene ring substituents is 1. The third kappa shape index (κ3) is 4.07. The third-order valence-corrected chi connectivity index (χ3v) is 2.91. The molecule has 0 saturated carbocycles. The Bertz CT molecular complexity index is 802. The zero-order chi connectivity index (χ0) is 17.5. The Hall–Kier alpha value is -3.35. The topological polar surface area (TPSA) is 105 Å². The normalized spacial score (nSPS) is 12.5. The van der Waals surface area contributed by atoms with Crippen molar-refractivity contribution < 1.29 is 14.8 Å². The van der Waals surface area contributed by atoms with Crippen LogP contribution in [-0.2, 0) is 0 Å². The van der Waals surface area contributed by atoms with Crippen LogP contribution in [0.2, 0.25) is 0 Å². The molecule has 1 N–H and O–H groups in total. The van der Waals surface area contributed by atoms with Gasteiger partial charge in [-0.3, -0.25) is 14.9 Å². The SMILES string of the molecule is [2H]O/C(C)=C(/N=Nc1ccccc1)C(=O)c1ccc([N+](=O)[O-])cc1. The van der Waals surface area contributed by atoms with E-state index in [1.54, 1.807) is 24.3 Å². The van der Waals surface area contributed by atoms with E-state index in [9.17, 15) is 14.9 Å². The van der Waals surface area contributed by atoms with E-state index in [2.05, 4.69) is 15.3 Å². The van der Waals surface area contributed by atoms with Crippen molar-refractivity contribution >= 4 is 17.2 Å². The Kier molecular flexibility index (Phi) is 4.49. The summed E-state index contributed by atoms with van der Waals surface area (Å²) in [5.74, 6) is -0.577. The van der Waals surface area contributed by atoms with Crippen LogP contribution in [0.1, 0.15) is 17.3 Å². The highest BCUT2D eigenvalue weighted by atomic mass is 16.6. The number of nitro groups is 1. The molecule has 0 aliphatic carbocycles. The van der Waals surface area contributed by atoms with Crippen LogP contribution in [0.4, 0.5) is 11.4 Å². The molecule has 0 bridgehead atoms. The van der Waals surface area contributed by atoms with Crippen LogP contribution in [-0.4, -0.2) is 15.8 Å². The van der Waals surface area contributed by atoms with Gasteiger partial charge >= 0.3 is 0 Å². The molecule has 0 radical (unpaired) electrons. The number of carbonyl (C=O) groups is 1. The molecule has 0 aliphatic rings. The largest absolute Gasteiger partial charge is 0.510 e. The van der Waals surface area contributed by atoms with Gasteiger partial charge in [0.05, 0.1) is 10.6 Å². The highest BCUT2D eigenvalue weighted by Gasteiger charge is 2.16. The molecule has 0 aromatic heterocycles. The number of hydrogen-bond acceptors (Lipinski definition) is 6. The van der Waals surface area contributed by atoms with Crippen LogP contribution in [0, 0.1) is 10.1 Å². The summed E-state index contributed by atoms with van der Waals surface area (Å²) in [5.41, 5.74) is 0.433. The van der Waals surface area contributed by atoms with E-state index in [0.717, 1.165) is 0 Å². The van der Waals surface area contributed by atoms with E-state index in [0.29, 0.717) is 5.69 Å². The summed E-state index contributed by atoms with van der Waals surface area (Å²) in [6.07, 6.45) is 0. The zero-order valence-electron chi connectivity index (χ0n) is 13.2. The van der Waals surface area contributed by atoms with E-state index >= 15 is 0 Å². The van der Waals surface area contributed by atoms with Gasteiger partial charge in [0.1, 0.15) is 5.76 Å². The van der Waals surface area contributed by atoms with E-state index in [4.69, 9.17) is 1.43 Å². The number of nitro benzene ring substituents is 1. The van der Waals surface area contributed by atoms with Gasteiger partial charge in [-0.15, -0.1) is 5.11 Å². The first kappa shape index (κ1) is 14.6. The van der Waals surface area contributed by atoms with Gasteiger partial charge in [0.25, 0.3) is 7.12 Å². The number of Topliss-reactive ketones (excluding diaryl/α,β-unsaturated/α-hetero) is 1. The average molecular weight is 312 g/mol. The van der Waals surface area contributed by atoms with Crippen molar-refractivity contribution in [3.05, 3.63) is 81.7 Å². The molecule has 2 aromatic rings. The van der Waals surface area contributed by atoms with Crippen molar-refractivity contribution in [1.29, 1.82) is 1.43 Å². The van der Waals surface area contributed by atoms with Crippen molar-refractivity contribution in [2.24, 2.45) is 10.2 Å². The van der Waals surface area contributed by atoms with E-state index in [1.807, 2.05) is 6.07 Å². The van der Waals surface area contributed by atoms with Crippen molar-refractivity contribution in [3.8, 4) is 0 Å². The average Bonchev–Trinajstić information content (AvgIpc) is 2.62. The van der Waals surface area contributed by atoms with E-state index in [1.165, 1.54) is 31.2 Å². The Labute approximate surface area is 133 Å². The van der Waals surface area contributed by atoms with Gasteiger partial charge in [0.2, 0.25) is 5.78 Å². The van der Waals surface area contributed by atoms with Crippen LogP contribution in [0.15, 0.2) is 76.3 Å². The van der Waals surface area contributed by atoms with Gasteiger partial charge in [-0.25, -0.2) is 0 Å². The van der Waals surface area contributed by atoms with Crippen LogP contribution >= 0.6 is 0 Å². The number of rotatable bonds is 6. The quantitative estimate of drug-likeness (QED) is 0.214. The highest BCUT2D eigenvalue weighted by molar-refractivity contribution is 6.08. The van der Waals surface area contributed by atoms with Gasteiger partial charge in [-0.05, 0) is 31.2 Å². The van der Waals surface area contributed by atoms with Gasteiger partial charge in [0.15, 0.2) is 5.70 Å². The fraction of sp³-hybridized carbons (Fsp3) is 0.0625. The minimum absolute atomic E-state index is 0.0296. The number of allylic oxidation sites excluding steroid dienone is 2. The number of benzene rings is 2. The number of ketones is 1. The molecule has 0 spiro atoms. The molecule has 23 heavy (non-hydrogen) atoms. The van der Waals surface area contributed by atoms with Crippen LogP contribution in [0.3, 0.4) is 0 Å². The molecule has 0 atom stereocenters. The summed E-state index contributed by atoms with van der Waals surface area (Å²) in [7, 11) is 0. The lowest BCUT2D eigenvalue weighted by Crippen LogP contribution is -2.04. The lowest BCUT2D eigenvalue weighted by Gasteiger charge is -2.02. The van der Waals surface area contributed by atoms with E-state index in [-0.39, 0.29) is 22.7 Å². The number of aliphatic hydroxyl groups is 1. The number of hydrogen-bond donors (Lipinski definition) is 1. The second-order valence-corrected chi connectivity index (χ2v) is 4.57. The first-order valence-corrected chi connectivity index (χ1v) is 6.63. The molecule has 0 fully saturated rings. The van der Waals surface area contributed by atoms with Gasteiger partial charge in [-0.2, -0.15) is 5.11 Å². The summed E-state index contributed by atoms with van der Waals surface area (Å²) >= 11 is 0. The lowest BCUT2D eigenvalue weighted by atomic mass is 10.1. The molecule has 0 saturated heterocycles. The highest BCUT2D eigenvalue weighted by Crippen LogP contribution is 2.19. The Morgan fingerprint density at radius 3 is 2.39 bits per heavy atom. The number of carbonyl (C=O) groups excluding carboxylic acids is 1. The Balaban J connectivity index is 2.33.